The molecule has 1 fully saturated rings. The molecule has 1 aromatic carbocycles. The average molecular weight is 599 g/mol. The Morgan fingerprint density at radius 2 is 1.95 bits per heavy atom. The average Bonchev–Trinajstić information content (AvgIpc) is 3.00. The molecule has 5 rings (SSSR count). The van der Waals surface area contributed by atoms with Crippen LogP contribution in [0.4, 0.5) is 14.5 Å². The van der Waals surface area contributed by atoms with E-state index in [9.17, 15) is 14.9 Å². The van der Waals surface area contributed by atoms with Gasteiger partial charge in [0, 0.05) is 37.3 Å². The minimum Gasteiger partial charge on any atom is -0.496 e. The summed E-state index contributed by atoms with van der Waals surface area (Å²) in [7, 11) is 1.34. The van der Waals surface area contributed by atoms with E-state index >= 15 is 8.78 Å². The third-order valence-corrected chi connectivity index (χ3v) is 7.95. The van der Waals surface area contributed by atoms with Gasteiger partial charge in [0.25, 0.3) is 5.56 Å². The number of rotatable bonds is 6. The van der Waals surface area contributed by atoms with Gasteiger partial charge in [-0.1, -0.05) is 26.5 Å². The summed E-state index contributed by atoms with van der Waals surface area (Å²) in [5, 5.41) is 10.6. The van der Waals surface area contributed by atoms with Crippen molar-refractivity contribution in [3.63, 3.8) is 0 Å². The van der Waals surface area contributed by atoms with Gasteiger partial charge in [-0.15, -0.1) is 0 Å². The molecule has 226 valence electrons. The van der Waals surface area contributed by atoms with Crippen LogP contribution in [0.2, 0.25) is 0 Å². The van der Waals surface area contributed by atoms with Crippen molar-refractivity contribution in [1.82, 2.24) is 19.4 Å². The molecule has 3 aromatic heterocycles. The van der Waals surface area contributed by atoms with E-state index in [0.29, 0.717) is 30.0 Å². The molecular formula is C33H32F2N6O3. The van der Waals surface area contributed by atoms with Crippen molar-refractivity contribution in [2.75, 3.05) is 31.6 Å². The van der Waals surface area contributed by atoms with Gasteiger partial charge in [-0.3, -0.25) is 19.1 Å². The Kier molecular flexibility index (Phi) is 8.19. The first-order valence-electron chi connectivity index (χ1n) is 14.2. The van der Waals surface area contributed by atoms with E-state index in [0.717, 1.165) is 0 Å². The number of carbonyl (C=O) groups excluding carboxylic acids is 1. The van der Waals surface area contributed by atoms with Crippen LogP contribution in [0, 0.1) is 29.9 Å². The highest BCUT2D eigenvalue weighted by atomic mass is 19.1. The molecule has 1 atom stereocenters. The number of aromatic nitrogens is 3. The highest BCUT2D eigenvalue weighted by Crippen LogP contribution is 2.39. The van der Waals surface area contributed by atoms with Gasteiger partial charge in [-0.25, -0.2) is 13.8 Å². The van der Waals surface area contributed by atoms with Gasteiger partial charge in [0.15, 0.2) is 11.5 Å². The first-order valence-corrected chi connectivity index (χ1v) is 14.2. The molecule has 1 amide bonds. The third-order valence-electron chi connectivity index (χ3n) is 7.95. The smallest absolute Gasteiger partial charge is 0.276 e. The van der Waals surface area contributed by atoms with Crippen molar-refractivity contribution >= 4 is 22.6 Å². The Labute approximate surface area is 253 Å². The third kappa shape index (κ3) is 4.96. The summed E-state index contributed by atoms with van der Waals surface area (Å²) in [5.41, 5.74) is 0.484. The number of carbonyl (C=O) groups is 1. The fourth-order valence-corrected chi connectivity index (χ4v) is 5.86. The van der Waals surface area contributed by atoms with E-state index < -0.39 is 17.2 Å². The van der Waals surface area contributed by atoms with Crippen LogP contribution in [0.15, 0.2) is 54.0 Å². The lowest BCUT2D eigenvalue weighted by Gasteiger charge is -2.41. The number of pyridine rings is 3. The summed E-state index contributed by atoms with van der Waals surface area (Å²) in [5.74, 6) is -1.91. The number of amides is 1. The quantitative estimate of drug-likeness (QED) is 0.279. The largest absolute Gasteiger partial charge is 0.496 e. The van der Waals surface area contributed by atoms with Crippen molar-refractivity contribution in [3.8, 4) is 28.8 Å². The number of halogens is 2. The Morgan fingerprint density at radius 1 is 1.20 bits per heavy atom. The van der Waals surface area contributed by atoms with Crippen molar-refractivity contribution in [1.29, 1.82) is 5.26 Å². The van der Waals surface area contributed by atoms with Gasteiger partial charge in [-0.05, 0) is 55.7 Å². The lowest BCUT2D eigenvalue weighted by atomic mass is 10.0. The molecule has 1 saturated heterocycles. The zero-order valence-corrected chi connectivity index (χ0v) is 25.2. The summed E-state index contributed by atoms with van der Waals surface area (Å²) in [6, 6.07) is 8.75. The zero-order chi connectivity index (χ0) is 31.9. The number of benzene rings is 1. The van der Waals surface area contributed by atoms with Crippen molar-refractivity contribution < 1.29 is 18.3 Å². The summed E-state index contributed by atoms with van der Waals surface area (Å²) in [6.07, 6.45) is 2.87. The van der Waals surface area contributed by atoms with E-state index in [1.807, 2.05) is 32.6 Å². The van der Waals surface area contributed by atoms with Crippen LogP contribution in [-0.4, -0.2) is 58.1 Å². The van der Waals surface area contributed by atoms with Crippen LogP contribution >= 0.6 is 0 Å². The van der Waals surface area contributed by atoms with Crippen molar-refractivity contribution in [2.24, 2.45) is 0 Å². The van der Waals surface area contributed by atoms with E-state index in [4.69, 9.17) is 4.74 Å². The van der Waals surface area contributed by atoms with Gasteiger partial charge in [0.2, 0.25) is 5.91 Å². The maximum absolute atomic E-state index is 16.2. The van der Waals surface area contributed by atoms with Crippen LogP contribution < -0.4 is 15.2 Å². The Hall–Kier alpha value is -5.11. The van der Waals surface area contributed by atoms with E-state index in [2.05, 4.69) is 22.6 Å². The number of anilines is 1. The molecule has 0 bridgehead atoms. The first-order chi connectivity index (χ1) is 21.0. The molecule has 1 aliphatic rings. The van der Waals surface area contributed by atoms with Gasteiger partial charge in [0.05, 0.1) is 29.7 Å². The normalized spacial score (nSPS) is 15.0. The lowest BCUT2D eigenvalue weighted by Crippen LogP contribution is -2.54. The van der Waals surface area contributed by atoms with Crippen LogP contribution in [0.5, 0.6) is 5.75 Å². The van der Waals surface area contributed by atoms with E-state index in [1.165, 1.54) is 42.0 Å². The molecule has 11 heteroatoms. The van der Waals surface area contributed by atoms with Crippen molar-refractivity contribution in [3.05, 3.63) is 88.0 Å². The summed E-state index contributed by atoms with van der Waals surface area (Å²) in [6.45, 7) is 11.9. The minimum absolute atomic E-state index is 0.0282. The molecule has 0 saturated carbocycles. The molecule has 0 N–H and O–H groups in total. The Balaban J connectivity index is 1.92. The van der Waals surface area contributed by atoms with Crippen LogP contribution in [0.1, 0.15) is 43.5 Å². The molecule has 44 heavy (non-hydrogen) atoms. The Morgan fingerprint density at radius 3 is 2.59 bits per heavy atom. The molecular weight excluding hydrogens is 566 g/mol. The maximum Gasteiger partial charge on any atom is 0.276 e. The first kappa shape index (κ1) is 30.4. The second kappa shape index (κ2) is 11.9. The van der Waals surface area contributed by atoms with Gasteiger partial charge in [0.1, 0.15) is 28.9 Å². The number of hydrogen-bond acceptors (Lipinski definition) is 7. The maximum atomic E-state index is 16.2. The van der Waals surface area contributed by atoms with Crippen molar-refractivity contribution in [2.45, 2.75) is 39.7 Å². The number of hydrogen-bond donors (Lipinski definition) is 0. The molecule has 0 unspecified atom stereocenters. The number of fused-ring (bicyclic) bond motifs is 1. The molecule has 1 aliphatic heterocycles. The number of nitriles is 1. The highest BCUT2D eigenvalue weighted by Gasteiger charge is 2.33. The van der Waals surface area contributed by atoms with E-state index in [1.54, 1.807) is 17.2 Å². The zero-order valence-electron chi connectivity index (χ0n) is 25.2. The number of ether oxygens (including phenoxy) is 1. The number of piperazine rings is 1. The highest BCUT2D eigenvalue weighted by molar-refractivity contribution is 5.96. The number of methoxy groups -OCH3 is 1. The molecule has 0 aliphatic carbocycles. The minimum atomic E-state index is -0.864. The molecule has 4 heterocycles. The predicted octanol–water partition coefficient (Wildman–Crippen LogP) is 5.26. The summed E-state index contributed by atoms with van der Waals surface area (Å²) < 4.78 is 38.1. The van der Waals surface area contributed by atoms with Crippen LogP contribution in [0.3, 0.4) is 0 Å². The molecule has 0 spiro atoms. The van der Waals surface area contributed by atoms with Gasteiger partial charge >= 0.3 is 0 Å². The number of nitrogens with zero attached hydrogens (tertiary/aromatic N) is 6. The van der Waals surface area contributed by atoms with Gasteiger partial charge < -0.3 is 14.5 Å². The number of aryl methyl sites for hydroxylation is 1. The predicted molar refractivity (Wildman–Crippen MR) is 164 cm³/mol. The second-order valence-corrected chi connectivity index (χ2v) is 11.0. The van der Waals surface area contributed by atoms with Crippen LogP contribution in [0.25, 0.3) is 28.0 Å². The monoisotopic (exact) mass is 598 g/mol. The fourth-order valence-electron chi connectivity index (χ4n) is 5.86. The topological polar surface area (TPSA) is 104 Å². The molecule has 9 nitrogen and oxygen atoms in total. The fraction of sp³-hybridized carbons (Fsp3) is 0.303. The summed E-state index contributed by atoms with van der Waals surface area (Å²) in [4.78, 5) is 39.4. The molecule has 0 radical (unpaired) electrons. The standard InChI is InChI=1S/C33H32F2N6O3/c1-7-26(42)39-13-14-40(20(5)17-39)31-21-15-24(35)29(27-23(34)9-8-10-25(27)44-6)38-32(21)41(33(43)22(31)16-36)30-19(4)11-12-37-28(30)18(2)3/h7-12,15,18,20H,1,13-14,17H2,2-6H3/t20-/m0/s1. The SMILES string of the molecule is C=CC(=O)N1CCN(c2c(C#N)c(=O)n(-c3c(C)ccnc3C(C)C)c3nc(-c4c(F)cccc4OC)c(F)cc23)[C@@H](C)C1. The van der Waals surface area contributed by atoms with Gasteiger partial charge in [-0.2, -0.15) is 5.26 Å². The Bertz CT molecular complexity index is 1910. The molecule has 4 aromatic rings. The lowest BCUT2D eigenvalue weighted by molar-refractivity contribution is -0.126. The van der Waals surface area contributed by atoms with Crippen LogP contribution in [-0.2, 0) is 4.79 Å². The van der Waals surface area contributed by atoms with E-state index in [-0.39, 0.29) is 63.7 Å². The summed E-state index contributed by atoms with van der Waals surface area (Å²) >= 11 is 0. The second-order valence-electron chi connectivity index (χ2n) is 11.0.